The van der Waals surface area contributed by atoms with Gasteiger partial charge in [-0.15, -0.1) is 11.3 Å². The van der Waals surface area contributed by atoms with Gasteiger partial charge in [-0.3, -0.25) is 4.79 Å². The van der Waals surface area contributed by atoms with Gasteiger partial charge >= 0.3 is 0 Å². The summed E-state index contributed by atoms with van der Waals surface area (Å²) in [5, 5.41) is 4.80. The van der Waals surface area contributed by atoms with E-state index in [1.807, 2.05) is 36.6 Å². The van der Waals surface area contributed by atoms with Gasteiger partial charge in [0.15, 0.2) is 11.5 Å². The lowest BCUT2D eigenvalue weighted by molar-refractivity contribution is 0.103. The first-order valence-electron chi connectivity index (χ1n) is 8.39. The summed E-state index contributed by atoms with van der Waals surface area (Å²) in [5.41, 5.74) is 2.76. The molecule has 0 spiro atoms. The van der Waals surface area contributed by atoms with Crippen molar-refractivity contribution in [2.24, 2.45) is 0 Å². The average Bonchev–Trinajstić information content (AvgIpc) is 3.16. The van der Waals surface area contributed by atoms with Crippen LogP contribution in [0.2, 0.25) is 0 Å². The third-order valence-corrected chi connectivity index (χ3v) is 4.92. The summed E-state index contributed by atoms with van der Waals surface area (Å²) in [6.07, 6.45) is 0. The molecule has 27 heavy (non-hydrogen) atoms. The van der Waals surface area contributed by atoms with Crippen molar-refractivity contribution in [3.63, 3.8) is 0 Å². The van der Waals surface area contributed by atoms with Crippen LogP contribution >= 0.6 is 11.3 Å². The molecule has 0 bridgehead atoms. The van der Waals surface area contributed by atoms with Crippen molar-refractivity contribution in [1.82, 2.24) is 0 Å². The summed E-state index contributed by atoms with van der Waals surface area (Å²) in [4.78, 5) is 13.0. The van der Waals surface area contributed by atoms with Crippen LogP contribution < -0.4 is 19.5 Å². The van der Waals surface area contributed by atoms with Crippen LogP contribution in [-0.2, 0) is 6.61 Å². The van der Waals surface area contributed by atoms with E-state index in [9.17, 15) is 4.79 Å². The molecule has 0 radical (unpaired) electrons. The van der Waals surface area contributed by atoms with E-state index in [2.05, 4.69) is 5.32 Å². The zero-order valence-corrected chi connectivity index (χ0v) is 16.3. The molecule has 1 N–H and O–H groups in total. The van der Waals surface area contributed by atoms with Gasteiger partial charge < -0.3 is 19.5 Å². The van der Waals surface area contributed by atoms with Crippen LogP contribution in [0.15, 0.2) is 53.9 Å². The lowest BCUT2D eigenvalue weighted by Crippen LogP contribution is -2.10. The first kappa shape index (κ1) is 18.8. The molecule has 0 aliphatic rings. The average molecular weight is 383 g/mol. The lowest BCUT2D eigenvalue weighted by atomic mass is 10.2. The van der Waals surface area contributed by atoms with E-state index in [0.717, 1.165) is 22.6 Å². The number of carbonyl (C=O) groups is 1. The van der Waals surface area contributed by atoms with Gasteiger partial charge in [0, 0.05) is 11.3 Å². The molecule has 6 heteroatoms. The Labute approximate surface area is 162 Å². The Morgan fingerprint density at radius 1 is 1.00 bits per heavy atom. The van der Waals surface area contributed by atoms with Gasteiger partial charge in [-0.2, -0.15) is 0 Å². The van der Waals surface area contributed by atoms with Gasteiger partial charge in [-0.1, -0.05) is 6.07 Å². The van der Waals surface area contributed by atoms with E-state index in [1.165, 1.54) is 11.3 Å². The molecule has 5 nitrogen and oxygen atoms in total. The number of ether oxygens (including phenoxy) is 3. The number of nitrogens with one attached hydrogen (secondary N) is 1. The fraction of sp³-hybridized carbons (Fsp3) is 0.190. The standard InChI is InChI=1S/C21H21NO4S/c1-14-4-9-18(19(10-14)25-3)26-12-15-11-20(27-13-15)21(23)22-16-5-7-17(24-2)8-6-16/h4-11,13H,12H2,1-3H3,(H,22,23). The number of methoxy groups -OCH3 is 2. The van der Waals surface area contributed by atoms with Crippen molar-refractivity contribution in [3.8, 4) is 17.2 Å². The summed E-state index contributed by atoms with van der Waals surface area (Å²) in [5.74, 6) is 1.97. The number of benzene rings is 2. The van der Waals surface area contributed by atoms with Crippen LogP contribution in [0, 0.1) is 6.92 Å². The molecular formula is C21H21NO4S. The molecule has 0 fully saturated rings. The number of thiophene rings is 1. The van der Waals surface area contributed by atoms with Crippen LogP contribution in [0.5, 0.6) is 17.2 Å². The number of hydrogen-bond acceptors (Lipinski definition) is 5. The highest BCUT2D eigenvalue weighted by Crippen LogP contribution is 2.29. The van der Waals surface area contributed by atoms with Crippen molar-refractivity contribution in [1.29, 1.82) is 0 Å². The third-order valence-electron chi connectivity index (χ3n) is 3.94. The summed E-state index contributed by atoms with van der Waals surface area (Å²) >= 11 is 1.38. The van der Waals surface area contributed by atoms with Crippen molar-refractivity contribution >= 4 is 22.9 Å². The van der Waals surface area contributed by atoms with Crippen LogP contribution in [0.3, 0.4) is 0 Å². The molecule has 0 saturated heterocycles. The monoisotopic (exact) mass is 383 g/mol. The predicted molar refractivity (Wildman–Crippen MR) is 107 cm³/mol. The van der Waals surface area contributed by atoms with Gasteiger partial charge in [0.25, 0.3) is 5.91 Å². The van der Waals surface area contributed by atoms with Crippen molar-refractivity contribution < 1.29 is 19.0 Å². The molecule has 0 aliphatic heterocycles. The Morgan fingerprint density at radius 2 is 1.78 bits per heavy atom. The summed E-state index contributed by atoms with van der Waals surface area (Å²) < 4.78 is 16.3. The van der Waals surface area contributed by atoms with Gasteiger partial charge in [0.1, 0.15) is 12.4 Å². The minimum atomic E-state index is -0.149. The Bertz CT molecular complexity index is 918. The predicted octanol–water partition coefficient (Wildman–Crippen LogP) is 4.91. The van der Waals surface area contributed by atoms with Gasteiger partial charge in [0.2, 0.25) is 0 Å². The second-order valence-electron chi connectivity index (χ2n) is 5.94. The molecule has 0 atom stereocenters. The molecule has 3 aromatic rings. The maximum absolute atomic E-state index is 12.4. The number of rotatable bonds is 7. The van der Waals surface area contributed by atoms with Crippen LogP contribution in [0.4, 0.5) is 5.69 Å². The summed E-state index contributed by atoms with van der Waals surface area (Å²) in [6, 6.07) is 14.8. The van der Waals surface area contributed by atoms with E-state index in [1.54, 1.807) is 38.5 Å². The highest BCUT2D eigenvalue weighted by molar-refractivity contribution is 7.12. The second kappa shape index (κ2) is 8.60. The van der Waals surface area contributed by atoms with E-state index < -0.39 is 0 Å². The van der Waals surface area contributed by atoms with Gasteiger partial charge in [-0.25, -0.2) is 0 Å². The van der Waals surface area contributed by atoms with E-state index >= 15 is 0 Å². The van der Waals surface area contributed by atoms with E-state index in [0.29, 0.717) is 23.0 Å². The minimum Gasteiger partial charge on any atom is -0.497 e. The first-order valence-corrected chi connectivity index (χ1v) is 9.27. The Balaban J connectivity index is 1.61. The maximum atomic E-state index is 12.4. The fourth-order valence-electron chi connectivity index (χ4n) is 2.49. The highest BCUT2D eigenvalue weighted by Gasteiger charge is 2.11. The number of anilines is 1. The molecule has 2 aromatic carbocycles. The van der Waals surface area contributed by atoms with Crippen LogP contribution in [-0.4, -0.2) is 20.1 Å². The molecule has 140 valence electrons. The quantitative estimate of drug-likeness (QED) is 0.630. The van der Waals surface area contributed by atoms with E-state index in [4.69, 9.17) is 14.2 Å². The number of carbonyl (C=O) groups excluding carboxylic acids is 1. The van der Waals surface area contributed by atoms with Gasteiger partial charge in [-0.05, 0) is 60.3 Å². The zero-order chi connectivity index (χ0) is 19.2. The largest absolute Gasteiger partial charge is 0.497 e. The number of amides is 1. The number of hydrogen-bond donors (Lipinski definition) is 1. The molecular weight excluding hydrogens is 362 g/mol. The maximum Gasteiger partial charge on any atom is 0.265 e. The van der Waals surface area contributed by atoms with Crippen molar-refractivity contribution in [2.75, 3.05) is 19.5 Å². The highest BCUT2D eigenvalue weighted by atomic mass is 32.1. The van der Waals surface area contributed by atoms with E-state index in [-0.39, 0.29) is 5.91 Å². The van der Waals surface area contributed by atoms with Crippen LogP contribution in [0.1, 0.15) is 20.8 Å². The molecule has 0 aliphatic carbocycles. The summed E-state index contributed by atoms with van der Waals surface area (Å²) in [6.45, 7) is 2.37. The van der Waals surface area contributed by atoms with Crippen LogP contribution in [0.25, 0.3) is 0 Å². The Kier molecular flexibility index (Phi) is 5.98. The lowest BCUT2D eigenvalue weighted by Gasteiger charge is -2.10. The Hall–Kier alpha value is -2.99. The SMILES string of the molecule is COc1ccc(NC(=O)c2cc(COc3ccc(C)cc3OC)cs2)cc1. The third kappa shape index (κ3) is 4.80. The molecule has 1 aromatic heterocycles. The summed E-state index contributed by atoms with van der Waals surface area (Å²) in [7, 11) is 3.23. The molecule has 0 unspecified atom stereocenters. The van der Waals surface area contributed by atoms with Gasteiger partial charge in [0.05, 0.1) is 19.1 Å². The number of aryl methyl sites for hydroxylation is 1. The van der Waals surface area contributed by atoms with Crippen molar-refractivity contribution in [3.05, 3.63) is 69.9 Å². The molecule has 1 heterocycles. The molecule has 3 rings (SSSR count). The Morgan fingerprint density at radius 3 is 2.48 bits per heavy atom. The normalized spacial score (nSPS) is 10.3. The second-order valence-corrected chi connectivity index (χ2v) is 6.86. The van der Waals surface area contributed by atoms with Crippen molar-refractivity contribution in [2.45, 2.75) is 13.5 Å². The minimum absolute atomic E-state index is 0.149. The topological polar surface area (TPSA) is 56.8 Å². The zero-order valence-electron chi connectivity index (χ0n) is 15.4. The smallest absolute Gasteiger partial charge is 0.265 e. The molecule has 0 saturated carbocycles. The fourth-order valence-corrected chi connectivity index (χ4v) is 3.28. The molecule has 1 amide bonds. The first-order chi connectivity index (χ1) is 13.1.